The minimum absolute atomic E-state index is 0.00365. The van der Waals surface area contributed by atoms with Gasteiger partial charge in [-0.15, -0.1) is 0 Å². The molecule has 2 unspecified atom stereocenters. The van der Waals surface area contributed by atoms with E-state index in [2.05, 4.69) is 11.3 Å². The van der Waals surface area contributed by atoms with Crippen LogP contribution in [0, 0.1) is 11.8 Å². The number of methoxy groups -OCH3 is 1. The van der Waals surface area contributed by atoms with Crippen molar-refractivity contribution >= 4 is 17.5 Å². The number of ketones is 2. The SMILES string of the molecule is C=CC(=O)CCCC1CCC(=O)C1C(=O)OC. The lowest BCUT2D eigenvalue weighted by Gasteiger charge is -2.15. The van der Waals surface area contributed by atoms with E-state index in [1.807, 2.05) is 0 Å². The van der Waals surface area contributed by atoms with Crippen molar-refractivity contribution in [1.29, 1.82) is 0 Å². The molecule has 0 radical (unpaired) electrons. The van der Waals surface area contributed by atoms with Gasteiger partial charge in [0.15, 0.2) is 5.78 Å². The number of ether oxygens (including phenoxy) is 1. The summed E-state index contributed by atoms with van der Waals surface area (Å²) >= 11 is 0. The van der Waals surface area contributed by atoms with Gasteiger partial charge in [-0.1, -0.05) is 6.58 Å². The maximum absolute atomic E-state index is 11.6. The van der Waals surface area contributed by atoms with Crippen molar-refractivity contribution in [2.24, 2.45) is 11.8 Å². The van der Waals surface area contributed by atoms with E-state index in [0.717, 1.165) is 6.42 Å². The van der Waals surface area contributed by atoms with Gasteiger partial charge in [0, 0.05) is 12.8 Å². The van der Waals surface area contributed by atoms with Crippen molar-refractivity contribution in [2.45, 2.75) is 32.1 Å². The first kappa shape index (κ1) is 13.6. The minimum atomic E-state index is -0.612. The van der Waals surface area contributed by atoms with Gasteiger partial charge in [0.05, 0.1) is 7.11 Å². The second-order valence-electron chi connectivity index (χ2n) is 4.33. The first-order valence-corrected chi connectivity index (χ1v) is 5.86. The van der Waals surface area contributed by atoms with Crippen LogP contribution < -0.4 is 0 Å². The zero-order valence-electron chi connectivity index (χ0n) is 10.1. The molecular weight excluding hydrogens is 220 g/mol. The Hall–Kier alpha value is -1.45. The van der Waals surface area contributed by atoms with Crippen LogP contribution in [0.25, 0.3) is 0 Å². The summed E-state index contributed by atoms with van der Waals surface area (Å²) in [5.74, 6) is -1.04. The largest absolute Gasteiger partial charge is 0.468 e. The van der Waals surface area contributed by atoms with E-state index in [-0.39, 0.29) is 17.5 Å². The molecule has 1 saturated carbocycles. The van der Waals surface area contributed by atoms with Gasteiger partial charge in [0.25, 0.3) is 0 Å². The molecule has 0 aliphatic heterocycles. The number of hydrogen-bond acceptors (Lipinski definition) is 4. The third-order valence-corrected chi connectivity index (χ3v) is 3.26. The lowest BCUT2D eigenvalue weighted by Crippen LogP contribution is -2.26. The third-order valence-electron chi connectivity index (χ3n) is 3.26. The Morgan fingerprint density at radius 3 is 2.82 bits per heavy atom. The van der Waals surface area contributed by atoms with E-state index in [4.69, 9.17) is 0 Å². The maximum Gasteiger partial charge on any atom is 0.316 e. The zero-order valence-corrected chi connectivity index (χ0v) is 10.1. The van der Waals surface area contributed by atoms with E-state index in [9.17, 15) is 14.4 Å². The molecule has 4 heteroatoms. The van der Waals surface area contributed by atoms with Crippen LogP contribution in [-0.4, -0.2) is 24.6 Å². The van der Waals surface area contributed by atoms with Crippen molar-refractivity contribution in [3.05, 3.63) is 12.7 Å². The summed E-state index contributed by atoms with van der Waals surface area (Å²) in [6, 6.07) is 0. The summed E-state index contributed by atoms with van der Waals surface area (Å²) in [4.78, 5) is 34.1. The van der Waals surface area contributed by atoms with Gasteiger partial charge >= 0.3 is 5.97 Å². The summed E-state index contributed by atoms with van der Waals surface area (Å²) in [5, 5.41) is 0. The number of allylic oxidation sites excluding steroid dienone is 1. The lowest BCUT2D eigenvalue weighted by molar-refractivity contribution is -0.149. The van der Waals surface area contributed by atoms with Crippen molar-refractivity contribution < 1.29 is 19.1 Å². The number of Topliss-reactive ketones (excluding diaryl/α,β-unsaturated/α-hetero) is 1. The Bertz CT molecular complexity index is 332. The van der Waals surface area contributed by atoms with Crippen LogP contribution in [0.5, 0.6) is 0 Å². The van der Waals surface area contributed by atoms with E-state index >= 15 is 0 Å². The van der Waals surface area contributed by atoms with Crippen LogP contribution in [0.3, 0.4) is 0 Å². The van der Waals surface area contributed by atoms with Crippen LogP contribution in [0.1, 0.15) is 32.1 Å². The predicted octanol–water partition coefficient (Wildman–Crippen LogP) is 1.68. The number of carbonyl (C=O) groups is 3. The standard InChI is InChI=1S/C13H18O4/c1-3-10(14)6-4-5-9-7-8-11(15)12(9)13(16)17-2/h3,9,12H,1,4-8H2,2H3. The normalized spacial score (nSPS) is 23.5. The average molecular weight is 238 g/mol. The molecule has 0 spiro atoms. The molecule has 1 aliphatic rings. The Labute approximate surface area is 101 Å². The second kappa shape index (κ2) is 6.33. The fourth-order valence-electron chi connectivity index (χ4n) is 2.32. The maximum atomic E-state index is 11.6. The summed E-state index contributed by atoms with van der Waals surface area (Å²) < 4.78 is 4.64. The van der Waals surface area contributed by atoms with Crippen molar-refractivity contribution in [3.63, 3.8) is 0 Å². The first-order valence-electron chi connectivity index (χ1n) is 5.86. The Kier molecular flexibility index (Phi) is 5.07. The highest BCUT2D eigenvalue weighted by atomic mass is 16.5. The Morgan fingerprint density at radius 2 is 2.24 bits per heavy atom. The predicted molar refractivity (Wildman–Crippen MR) is 62.3 cm³/mol. The van der Waals surface area contributed by atoms with Crippen molar-refractivity contribution in [1.82, 2.24) is 0 Å². The fourth-order valence-corrected chi connectivity index (χ4v) is 2.32. The number of esters is 1. The average Bonchev–Trinajstić information content (AvgIpc) is 2.69. The van der Waals surface area contributed by atoms with Crippen LogP contribution in [-0.2, 0) is 19.1 Å². The highest BCUT2D eigenvalue weighted by Gasteiger charge is 2.40. The molecule has 0 heterocycles. The fraction of sp³-hybridized carbons (Fsp3) is 0.615. The molecule has 1 fully saturated rings. The monoisotopic (exact) mass is 238 g/mol. The van der Waals surface area contributed by atoms with Crippen LogP contribution in [0.4, 0.5) is 0 Å². The number of rotatable bonds is 6. The smallest absolute Gasteiger partial charge is 0.316 e. The molecule has 4 nitrogen and oxygen atoms in total. The molecule has 1 rings (SSSR count). The molecule has 0 aromatic rings. The minimum Gasteiger partial charge on any atom is -0.468 e. The van der Waals surface area contributed by atoms with Gasteiger partial charge in [-0.25, -0.2) is 0 Å². The van der Waals surface area contributed by atoms with E-state index in [1.165, 1.54) is 13.2 Å². The summed E-state index contributed by atoms with van der Waals surface area (Å²) in [5.41, 5.74) is 0. The van der Waals surface area contributed by atoms with Crippen LogP contribution in [0.15, 0.2) is 12.7 Å². The van der Waals surface area contributed by atoms with E-state index < -0.39 is 11.9 Å². The zero-order chi connectivity index (χ0) is 12.8. The molecule has 0 N–H and O–H groups in total. The summed E-state index contributed by atoms with van der Waals surface area (Å²) in [6.07, 6.45) is 4.31. The van der Waals surface area contributed by atoms with Gasteiger partial charge in [-0.05, 0) is 31.3 Å². The van der Waals surface area contributed by atoms with E-state index in [1.54, 1.807) is 0 Å². The number of carbonyl (C=O) groups excluding carboxylic acids is 3. The van der Waals surface area contributed by atoms with Crippen LogP contribution in [0.2, 0.25) is 0 Å². The van der Waals surface area contributed by atoms with Crippen molar-refractivity contribution in [3.8, 4) is 0 Å². The molecule has 0 amide bonds. The molecule has 0 aromatic heterocycles. The highest BCUT2D eigenvalue weighted by Crippen LogP contribution is 2.33. The van der Waals surface area contributed by atoms with Crippen LogP contribution >= 0.6 is 0 Å². The Morgan fingerprint density at radius 1 is 1.53 bits per heavy atom. The molecular formula is C13H18O4. The van der Waals surface area contributed by atoms with Gasteiger partial charge in [-0.2, -0.15) is 0 Å². The third kappa shape index (κ3) is 3.51. The summed E-state index contributed by atoms with van der Waals surface area (Å²) in [7, 11) is 1.30. The van der Waals surface area contributed by atoms with Gasteiger partial charge in [0.2, 0.25) is 0 Å². The molecule has 2 atom stereocenters. The number of hydrogen-bond donors (Lipinski definition) is 0. The van der Waals surface area contributed by atoms with Gasteiger partial charge in [-0.3, -0.25) is 14.4 Å². The highest BCUT2D eigenvalue weighted by molar-refractivity contribution is 6.00. The van der Waals surface area contributed by atoms with E-state index in [0.29, 0.717) is 25.7 Å². The molecule has 0 saturated heterocycles. The molecule has 94 valence electrons. The summed E-state index contributed by atoms with van der Waals surface area (Å²) in [6.45, 7) is 3.40. The first-order chi connectivity index (χ1) is 8.10. The molecule has 0 bridgehead atoms. The van der Waals surface area contributed by atoms with Gasteiger partial charge < -0.3 is 4.74 Å². The second-order valence-corrected chi connectivity index (χ2v) is 4.33. The molecule has 1 aliphatic carbocycles. The molecule has 0 aromatic carbocycles. The topological polar surface area (TPSA) is 60.4 Å². The lowest BCUT2D eigenvalue weighted by atomic mass is 9.90. The Balaban J connectivity index is 2.47. The van der Waals surface area contributed by atoms with Crippen molar-refractivity contribution in [2.75, 3.05) is 7.11 Å². The molecule has 17 heavy (non-hydrogen) atoms. The van der Waals surface area contributed by atoms with Gasteiger partial charge in [0.1, 0.15) is 11.7 Å². The quantitative estimate of drug-likeness (QED) is 0.401.